The molecule has 1 saturated heterocycles. The van der Waals surface area contributed by atoms with E-state index in [0.717, 1.165) is 11.1 Å². The number of benzene rings is 1. The summed E-state index contributed by atoms with van der Waals surface area (Å²) in [5.41, 5.74) is 1.15. The van der Waals surface area contributed by atoms with Crippen molar-refractivity contribution in [1.29, 1.82) is 0 Å². The molecule has 0 spiro atoms. The lowest BCUT2D eigenvalue weighted by Gasteiger charge is -2.37. The van der Waals surface area contributed by atoms with Crippen molar-refractivity contribution in [1.82, 2.24) is 5.32 Å². The van der Waals surface area contributed by atoms with Crippen molar-refractivity contribution in [2.45, 2.75) is 69.7 Å². The van der Waals surface area contributed by atoms with Gasteiger partial charge in [-0.15, -0.1) is 0 Å². The topological polar surface area (TPSA) is 95.9 Å². The molecule has 1 aromatic rings. The molecule has 3 heterocycles. The van der Waals surface area contributed by atoms with E-state index in [4.69, 9.17) is 4.74 Å². The zero-order valence-electron chi connectivity index (χ0n) is 19.9. The van der Waals surface area contributed by atoms with E-state index in [-0.39, 0.29) is 36.8 Å². The number of ketones is 1. The summed E-state index contributed by atoms with van der Waals surface area (Å²) in [5, 5.41) is 23.6. The second-order valence-corrected chi connectivity index (χ2v) is 10.2. The van der Waals surface area contributed by atoms with Gasteiger partial charge in [-0.2, -0.15) is 0 Å². The minimum atomic E-state index is -1.57. The first-order chi connectivity index (χ1) is 16.7. The summed E-state index contributed by atoms with van der Waals surface area (Å²) in [7, 11) is 0. The predicted molar refractivity (Wildman–Crippen MR) is 126 cm³/mol. The number of quaternary nitrogens is 1. The molecule has 5 rings (SSSR count). The molecule has 5 unspecified atom stereocenters. The highest BCUT2D eigenvalue weighted by Crippen LogP contribution is 2.48. The van der Waals surface area contributed by atoms with Crippen LogP contribution in [0.25, 0.3) is 0 Å². The zero-order valence-corrected chi connectivity index (χ0v) is 19.9. The fourth-order valence-electron chi connectivity index (χ4n) is 6.25. The number of halogens is 1. The number of ether oxygens (including phenoxy) is 1. The minimum Gasteiger partial charge on any atom is -0.481 e. The number of hydrogen-bond donors (Lipinski definition) is 3. The number of nitrogens with zero attached hydrogens (tertiary/aromatic N) is 1. The predicted octanol–water partition coefficient (Wildman–Crippen LogP) is 3.67. The summed E-state index contributed by atoms with van der Waals surface area (Å²) in [6, 6.07) is 9.15. The largest absolute Gasteiger partial charge is 0.481 e. The Morgan fingerprint density at radius 2 is 2.09 bits per heavy atom. The molecule has 0 saturated carbocycles. The Kier molecular flexibility index (Phi) is 6.05. The first-order valence-corrected chi connectivity index (χ1v) is 12.4. The zero-order chi connectivity index (χ0) is 24.8. The van der Waals surface area contributed by atoms with Gasteiger partial charge in [0.1, 0.15) is 13.2 Å². The number of aliphatic hydroxyl groups is 1. The number of rotatable bonds is 7. The molecule has 0 amide bonds. The van der Waals surface area contributed by atoms with E-state index in [1.165, 1.54) is 6.08 Å². The van der Waals surface area contributed by atoms with E-state index in [2.05, 4.69) is 5.32 Å². The van der Waals surface area contributed by atoms with Gasteiger partial charge in [0.05, 0.1) is 23.8 Å². The highest BCUT2D eigenvalue weighted by Gasteiger charge is 2.62. The summed E-state index contributed by atoms with van der Waals surface area (Å²) in [6.07, 6.45) is 5.20. The van der Waals surface area contributed by atoms with E-state index in [9.17, 15) is 19.8 Å². The lowest BCUT2D eigenvalue weighted by Crippen LogP contribution is -2.53. The van der Waals surface area contributed by atoms with Crippen LogP contribution in [0.15, 0.2) is 65.2 Å². The Morgan fingerprint density at radius 1 is 1.31 bits per heavy atom. The quantitative estimate of drug-likeness (QED) is 0.513. The van der Waals surface area contributed by atoms with Gasteiger partial charge in [-0.25, -0.2) is 0 Å². The van der Waals surface area contributed by atoms with Gasteiger partial charge in [-0.3, -0.25) is 9.59 Å². The van der Waals surface area contributed by atoms with Crippen LogP contribution in [0.5, 0.6) is 0 Å². The van der Waals surface area contributed by atoms with Crippen LogP contribution in [0.1, 0.15) is 51.0 Å². The smallest absolute Gasteiger partial charge is 0.327 e. The second-order valence-electron chi connectivity index (χ2n) is 10.2. The molecule has 0 bridgehead atoms. The first kappa shape index (κ1) is 23.8. The second kappa shape index (κ2) is 8.91. The molecular formula is C27H32FN2O5+. The molecule has 7 nitrogen and oxygen atoms in total. The van der Waals surface area contributed by atoms with Crippen LogP contribution < -0.4 is 5.32 Å². The summed E-state index contributed by atoms with van der Waals surface area (Å²) in [4.78, 5) is 24.4. The van der Waals surface area contributed by atoms with E-state index in [1.807, 2.05) is 36.4 Å². The number of carboxylic acids is 1. The Morgan fingerprint density at radius 3 is 2.80 bits per heavy atom. The third kappa shape index (κ3) is 4.19. The van der Waals surface area contributed by atoms with Crippen LogP contribution in [0.2, 0.25) is 0 Å². The monoisotopic (exact) mass is 483 g/mol. The highest BCUT2D eigenvalue weighted by atomic mass is 19.2. The Balaban J connectivity index is 1.34. The Bertz CT molecular complexity index is 1130. The number of nitrogens with one attached hydrogen (secondary N) is 1. The van der Waals surface area contributed by atoms with Gasteiger partial charge >= 0.3 is 11.9 Å². The van der Waals surface area contributed by atoms with Crippen molar-refractivity contribution >= 4 is 11.8 Å². The summed E-state index contributed by atoms with van der Waals surface area (Å²) < 4.78 is 21.8. The summed E-state index contributed by atoms with van der Waals surface area (Å²) >= 11 is 0. The highest BCUT2D eigenvalue weighted by molar-refractivity contribution is 6.06. The van der Waals surface area contributed by atoms with Gasteiger partial charge in [0.25, 0.3) is 0 Å². The van der Waals surface area contributed by atoms with Gasteiger partial charge in [-0.1, -0.05) is 42.0 Å². The van der Waals surface area contributed by atoms with Crippen LogP contribution in [-0.2, 0) is 20.9 Å². The third-order valence-electron chi connectivity index (χ3n) is 8.08. The number of allylic oxidation sites excluding steroid dienone is 3. The van der Waals surface area contributed by atoms with Gasteiger partial charge in [0, 0.05) is 22.9 Å². The van der Waals surface area contributed by atoms with Crippen LogP contribution in [0.4, 0.5) is 4.48 Å². The lowest BCUT2D eigenvalue weighted by atomic mass is 9.75. The number of carboxylic acid groups (broad SMARTS) is 1. The normalized spacial score (nSPS) is 31.3. The van der Waals surface area contributed by atoms with E-state index in [0.29, 0.717) is 49.4 Å². The third-order valence-corrected chi connectivity index (χ3v) is 8.08. The van der Waals surface area contributed by atoms with E-state index < -0.39 is 22.7 Å². The Labute approximate surface area is 204 Å². The van der Waals surface area contributed by atoms with Crippen molar-refractivity contribution in [3.63, 3.8) is 0 Å². The SMILES string of the molecule is CCC(O)(CC(=O)O)C1=CC(=O)C2=C(C1)CC1C[N+]3(F)C(OCc4ccccc4)=CCCC3C1N2. The average Bonchev–Trinajstić information content (AvgIpc) is 3.13. The van der Waals surface area contributed by atoms with Gasteiger partial charge in [0.2, 0.25) is 5.78 Å². The molecule has 4 aliphatic rings. The standard InChI is InChI=1S/C27H31FN2O5/c1-2-27(34,14-24(32)33)20-12-18-11-19-15-30(28)21(25(19)29-26(18)22(31)13-20)9-6-10-23(30)35-16-17-7-4-3-5-8-17/h3-5,7-8,10,13,19,21,25,29,34H,2,6,9,11-12,14-16H2,1H3/p+1. The maximum absolute atomic E-state index is 16.5. The molecule has 0 aromatic heterocycles. The first-order valence-electron chi connectivity index (χ1n) is 12.4. The molecule has 3 aliphatic heterocycles. The molecule has 3 N–H and O–H groups in total. The lowest BCUT2D eigenvalue weighted by molar-refractivity contribution is -1.05. The van der Waals surface area contributed by atoms with Crippen molar-refractivity contribution in [2.75, 3.05) is 6.54 Å². The van der Waals surface area contributed by atoms with Crippen molar-refractivity contribution in [3.8, 4) is 0 Å². The molecular weight excluding hydrogens is 451 g/mol. The fourth-order valence-corrected chi connectivity index (χ4v) is 6.25. The molecule has 186 valence electrons. The van der Waals surface area contributed by atoms with Gasteiger partial charge < -0.3 is 20.3 Å². The molecule has 1 aliphatic carbocycles. The van der Waals surface area contributed by atoms with Crippen LogP contribution in [0.3, 0.4) is 0 Å². The number of fused-ring (bicyclic) bond motifs is 3. The van der Waals surface area contributed by atoms with Crippen LogP contribution in [0, 0.1) is 5.92 Å². The molecule has 35 heavy (non-hydrogen) atoms. The fraction of sp³-hybridized carbons (Fsp3) is 0.481. The molecule has 1 fully saturated rings. The summed E-state index contributed by atoms with van der Waals surface area (Å²) in [5.74, 6) is -1.08. The molecule has 8 heteroatoms. The number of carbonyl (C=O) groups excluding carboxylic acids is 1. The van der Waals surface area contributed by atoms with Crippen molar-refractivity contribution in [2.24, 2.45) is 5.92 Å². The van der Waals surface area contributed by atoms with E-state index in [1.54, 1.807) is 6.92 Å². The van der Waals surface area contributed by atoms with Crippen molar-refractivity contribution in [3.05, 3.63) is 70.8 Å². The molecule has 1 aromatic carbocycles. The van der Waals surface area contributed by atoms with Gasteiger partial charge in [-0.05, 0) is 48.5 Å². The maximum Gasteiger partial charge on any atom is 0.327 e. The molecule has 0 radical (unpaired) electrons. The van der Waals surface area contributed by atoms with Crippen LogP contribution in [-0.4, -0.2) is 50.9 Å². The maximum atomic E-state index is 16.5. The molecule has 5 atom stereocenters. The number of carbonyl (C=O) groups is 2. The number of hydrogen-bond acceptors (Lipinski definition) is 5. The minimum absolute atomic E-state index is 0.0353. The Hall–Kier alpha value is -2.97. The van der Waals surface area contributed by atoms with Gasteiger partial charge in [0.15, 0.2) is 6.04 Å². The number of aliphatic carboxylic acids is 1. The summed E-state index contributed by atoms with van der Waals surface area (Å²) in [6.45, 7) is 2.26. The van der Waals surface area contributed by atoms with Crippen LogP contribution >= 0.6 is 0 Å². The van der Waals surface area contributed by atoms with Crippen molar-refractivity contribution < 1.29 is 33.7 Å². The van der Waals surface area contributed by atoms with E-state index >= 15 is 4.48 Å². The average molecular weight is 484 g/mol.